The molecule has 2 aliphatic heterocycles. The number of aryl methyl sites for hydroxylation is 1. The Labute approximate surface area is 271 Å². The summed E-state index contributed by atoms with van der Waals surface area (Å²) >= 11 is 0. The lowest BCUT2D eigenvalue weighted by Gasteiger charge is -2.26. The Bertz CT molecular complexity index is 1710. The fraction of sp³-hybridized carbons (Fsp3) is 0.424. The first-order chi connectivity index (χ1) is 23.1. The van der Waals surface area contributed by atoms with E-state index in [1.807, 2.05) is 43.3 Å². The first kappa shape index (κ1) is 31.1. The van der Waals surface area contributed by atoms with E-state index in [9.17, 15) is 10.2 Å². The number of nitrogens with zero attached hydrogens (tertiary/aromatic N) is 7. The van der Waals surface area contributed by atoms with Gasteiger partial charge in [0.1, 0.15) is 12.2 Å². The number of hydrogen-bond acceptors (Lipinski definition) is 13. The summed E-state index contributed by atoms with van der Waals surface area (Å²) in [5.41, 5.74) is 3.27. The number of ether oxygens (including phenoxy) is 2. The SMILES string of the molecule is CCc1nnc([C@H]2O[C@@H](n3cnc4c(NCC(c5ccccc5)c5ccccc5)nc(NCCN5CCOCC5)nc43)[C@H](O)[C@@H]2O)o1. The molecular weight excluding hydrogens is 602 g/mol. The van der Waals surface area contributed by atoms with E-state index in [1.165, 1.54) is 11.1 Å². The smallest absolute Gasteiger partial charge is 0.248 e. The maximum Gasteiger partial charge on any atom is 0.248 e. The Balaban J connectivity index is 1.19. The van der Waals surface area contributed by atoms with Crippen LogP contribution in [0.1, 0.15) is 48.1 Å². The molecule has 5 aromatic rings. The second-order valence-corrected chi connectivity index (χ2v) is 11.7. The third-order valence-electron chi connectivity index (χ3n) is 8.65. The minimum absolute atomic E-state index is 0.0422. The third-order valence-corrected chi connectivity index (χ3v) is 8.65. The Morgan fingerprint density at radius 3 is 2.32 bits per heavy atom. The highest BCUT2D eigenvalue weighted by Gasteiger charge is 2.47. The van der Waals surface area contributed by atoms with Gasteiger partial charge in [-0.3, -0.25) is 9.47 Å². The predicted octanol–water partition coefficient (Wildman–Crippen LogP) is 2.75. The van der Waals surface area contributed by atoms with Crippen molar-refractivity contribution in [2.24, 2.45) is 0 Å². The normalized spacial score (nSPS) is 21.9. The largest absolute Gasteiger partial charge is 0.422 e. The van der Waals surface area contributed by atoms with Gasteiger partial charge in [0.25, 0.3) is 0 Å². The van der Waals surface area contributed by atoms with E-state index in [0.717, 1.165) is 32.8 Å². The molecule has 2 saturated heterocycles. The van der Waals surface area contributed by atoms with Crippen molar-refractivity contribution in [3.63, 3.8) is 0 Å². The molecule has 2 aliphatic rings. The Kier molecular flexibility index (Phi) is 9.35. The molecule has 0 amide bonds. The van der Waals surface area contributed by atoms with E-state index < -0.39 is 24.5 Å². The first-order valence-electron chi connectivity index (χ1n) is 16.0. The lowest BCUT2D eigenvalue weighted by molar-refractivity contribution is -0.0439. The molecule has 4 atom stereocenters. The molecule has 2 aromatic carbocycles. The summed E-state index contributed by atoms with van der Waals surface area (Å²) in [7, 11) is 0. The van der Waals surface area contributed by atoms with Crippen LogP contribution in [0.25, 0.3) is 11.2 Å². The summed E-state index contributed by atoms with van der Waals surface area (Å²) in [6.07, 6.45) is -2.55. The molecule has 14 heteroatoms. The predicted molar refractivity (Wildman–Crippen MR) is 173 cm³/mol. The summed E-state index contributed by atoms with van der Waals surface area (Å²) in [5, 5.41) is 37.0. The molecule has 47 heavy (non-hydrogen) atoms. The van der Waals surface area contributed by atoms with E-state index in [4.69, 9.17) is 23.9 Å². The zero-order chi connectivity index (χ0) is 32.2. The molecule has 0 unspecified atom stereocenters. The fourth-order valence-corrected chi connectivity index (χ4v) is 6.07. The standard InChI is InChI=1S/C33H39N9O5/c1-2-24-39-40-31(46-24)28-26(43)27(44)32(47-28)42-20-36-25-29(37-33(38-30(25)42)34-13-14-41-15-17-45-18-16-41)35-19-23(21-9-5-3-6-10-21)22-11-7-4-8-12-22/h3-12,20,23,26-28,32,43-44H,2,13-19H2,1H3,(H2,34,35,37,38)/t26-,27+,28-,32+/m0/s1. The number of aliphatic hydroxyl groups is 2. The number of rotatable bonds is 12. The van der Waals surface area contributed by atoms with Crippen molar-refractivity contribution in [2.75, 3.05) is 56.6 Å². The van der Waals surface area contributed by atoms with Crippen LogP contribution in [-0.4, -0.2) is 103 Å². The van der Waals surface area contributed by atoms with Crippen LogP contribution in [0.5, 0.6) is 0 Å². The van der Waals surface area contributed by atoms with Crippen LogP contribution in [-0.2, 0) is 15.9 Å². The van der Waals surface area contributed by atoms with E-state index in [1.54, 1.807) is 10.9 Å². The van der Waals surface area contributed by atoms with Crippen LogP contribution in [0.2, 0.25) is 0 Å². The van der Waals surface area contributed by atoms with Crippen molar-refractivity contribution >= 4 is 22.9 Å². The van der Waals surface area contributed by atoms with Crippen molar-refractivity contribution in [1.82, 2.24) is 34.6 Å². The zero-order valence-corrected chi connectivity index (χ0v) is 26.1. The van der Waals surface area contributed by atoms with Gasteiger partial charge in [-0.15, -0.1) is 10.2 Å². The molecule has 3 aromatic heterocycles. The molecule has 7 rings (SSSR count). The van der Waals surface area contributed by atoms with Gasteiger partial charge in [-0.25, -0.2) is 4.98 Å². The Hall–Kier alpha value is -4.47. The average Bonchev–Trinajstić information content (AvgIpc) is 3.84. The minimum atomic E-state index is -1.31. The van der Waals surface area contributed by atoms with Gasteiger partial charge in [-0.2, -0.15) is 9.97 Å². The quantitative estimate of drug-likeness (QED) is 0.157. The monoisotopic (exact) mass is 641 g/mol. The van der Waals surface area contributed by atoms with E-state index in [-0.39, 0.29) is 11.8 Å². The maximum absolute atomic E-state index is 11.1. The molecule has 0 saturated carbocycles. The highest BCUT2D eigenvalue weighted by atomic mass is 16.6. The summed E-state index contributed by atoms with van der Waals surface area (Å²) < 4.78 is 18.9. The van der Waals surface area contributed by atoms with Crippen LogP contribution in [0, 0.1) is 0 Å². The number of anilines is 2. The van der Waals surface area contributed by atoms with Gasteiger partial charge < -0.3 is 34.7 Å². The molecule has 14 nitrogen and oxygen atoms in total. The first-order valence-corrected chi connectivity index (χ1v) is 16.0. The van der Waals surface area contributed by atoms with Gasteiger partial charge in [0.2, 0.25) is 17.7 Å². The van der Waals surface area contributed by atoms with Crippen LogP contribution in [0.3, 0.4) is 0 Å². The average molecular weight is 642 g/mol. The number of imidazole rings is 1. The highest BCUT2D eigenvalue weighted by molar-refractivity contribution is 5.84. The highest BCUT2D eigenvalue weighted by Crippen LogP contribution is 2.40. The number of benzene rings is 2. The van der Waals surface area contributed by atoms with Crippen LogP contribution in [0.15, 0.2) is 71.4 Å². The van der Waals surface area contributed by atoms with Crippen molar-refractivity contribution < 1.29 is 24.1 Å². The van der Waals surface area contributed by atoms with Crippen molar-refractivity contribution in [3.05, 3.63) is 89.9 Å². The lowest BCUT2D eigenvalue weighted by atomic mass is 9.91. The zero-order valence-electron chi connectivity index (χ0n) is 26.1. The number of hydrogen-bond donors (Lipinski definition) is 4. The van der Waals surface area contributed by atoms with Crippen molar-refractivity contribution in [1.29, 1.82) is 0 Å². The van der Waals surface area contributed by atoms with Crippen LogP contribution in [0.4, 0.5) is 11.8 Å². The van der Waals surface area contributed by atoms with Gasteiger partial charge in [0.05, 0.1) is 19.5 Å². The number of aliphatic hydroxyl groups excluding tert-OH is 2. The summed E-state index contributed by atoms with van der Waals surface area (Å²) in [5.74, 6) is 1.51. The van der Waals surface area contributed by atoms with Crippen molar-refractivity contribution in [3.8, 4) is 0 Å². The van der Waals surface area contributed by atoms with E-state index in [2.05, 4.69) is 55.0 Å². The molecule has 4 N–H and O–H groups in total. The molecule has 0 aliphatic carbocycles. The molecule has 246 valence electrons. The topological polar surface area (TPSA) is 169 Å². The fourth-order valence-electron chi connectivity index (χ4n) is 6.07. The molecule has 5 heterocycles. The minimum Gasteiger partial charge on any atom is -0.422 e. The molecule has 2 fully saturated rings. The van der Waals surface area contributed by atoms with E-state index >= 15 is 0 Å². The van der Waals surface area contributed by atoms with Gasteiger partial charge in [-0.1, -0.05) is 67.6 Å². The second kappa shape index (κ2) is 14.1. The Morgan fingerprint density at radius 1 is 0.915 bits per heavy atom. The van der Waals surface area contributed by atoms with Gasteiger partial charge in [0, 0.05) is 45.1 Å². The second-order valence-electron chi connectivity index (χ2n) is 11.7. The number of morpholine rings is 1. The Morgan fingerprint density at radius 2 is 1.64 bits per heavy atom. The van der Waals surface area contributed by atoms with Crippen LogP contribution >= 0.6 is 0 Å². The van der Waals surface area contributed by atoms with Gasteiger partial charge in [-0.05, 0) is 11.1 Å². The summed E-state index contributed by atoms with van der Waals surface area (Å²) in [6, 6.07) is 20.7. The summed E-state index contributed by atoms with van der Waals surface area (Å²) in [6.45, 7) is 7.05. The molecular formula is C33H39N9O5. The number of fused-ring (bicyclic) bond motifs is 1. The third kappa shape index (κ3) is 6.68. The van der Waals surface area contributed by atoms with Gasteiger partial charge >= 0.3 is 0 Å². The molecule has 0 spiro atoms. The van der Waals surface area contributed by atoms with Crippen molar-refractivity contribution in [2.45, 2.75) is 43.8 Å². The number of nitrogens with one attached hydrogen (secondary N) is 2. The van der Waals surface area contributed by atoms with E-state index in [0.29, 0.717) is 48.3 Å². The maximum atomic E-state index is 11.1. The van der Waals surface area contributed by atoms with Gasteiger partial charge in [0.15, 0.2) is 29.3 Å². The van der Waals surface area contributed by atoms with Crippen LogP contribution < -0.4 is 10.6 Å². The molecule has 0 bridgehead atoms. The molecule has 0 radical (unpaired) electrons. The summed E-state index contributed by atoms with van der Waals surface area (Å²) in [4.78, 5) is 16.7. The lowest BCUT2D eigenvalue weighted by Crippen LogP contribution is -2.39. The number of aromatic nitrogens is 6.